The molecule has 1 aromatic carbocycles. The molecule has 0 bridgehead atoms. The Bertz CT molecular complexity index is 671. The quantitative estimate of drug-likeness (QED) is 0.906. The highest BCUT2D eigenvalue weighted by atomic mass is 35.5. The van der Waals surface area contributed by atoms with E-state index in [-0.39, 0.29) is 12.0 Å². The van der Waals surface area contributed by atoms with E-state index in [9.17, 15) is 18.0 Å². The van der Waals surface area contributed by atoms with Crippen LogP contribution < -0.4 is 0 Å². The summed E-state index contributed by atoms with van der Waals surface area (Å²) in [5.41, 5.74) is -0.151. The van der Waals surface area contributed by atoms with Gasteiger partial charge in [-0.05, 0) is 29.3 Å². The normalized spacial score (nSPS) is 12.9. The summed E-state index contributed by atoms with van der Waals surface area (Å²) in [6, 6.07) is 7.24. The minimum atomic E-state index is -4.53. The lowest BCUT2D eigenvalue weighted by Gasteiger charge is -2.17. The fourth-order valence-electron chi connectivity index (χ4n) is 2.10. The van der Waals surface area contributed by atoms with Crippen molar-refractivity contribution >= 4 is 17.6 Å². The number of halogens is 4. The maximum Gasteiger partial charge on any atom is 0.417 e. The third-order valence-electron chi connectivity index (χ3n) is 3.14. The highest BCUT2D eigenvalue weighted by Crippen LogP contribution is 2.33. The van der Waals surface area contributed by atoms with Crippen LogP contribution in [0.5, 0.6) is 0 Å². The zero-order chi connectivity index (χ0) is 16.3. The topological polar surface area (TPSA) is 50.2 Å². The number of hydrogen-bond donors (Lipinski definition) is 1. The van der Waals surface area contributed by atoms with E-state index >= 15 is 0 Å². The minimum Gasteiger partial charge on any atom is -0.481 e. The zero-order valence-electron chi connectivity index (χ0n) is 11.1. The van der Waals surface area contributed by atoms with E-state index in [1.165, 1.54) is 6.20 Å². The van der Waals surface area contributed by atoms with E-state index in [1.807, 2.05) is 0 Å². The van der Waals surface area contributed by atoms with Gasteiger partial charge in [-0.1, -0.05) is 23.7 Å². The molecule has 0 aliphatic heterocycles. The molecule has 2 aromatic rings. The first-order valence-corrected chi connectivity index (χ1v) is 6.64. The van der Waals surface area contributed by atoms with Crippen molar-refractivity contribution in [2.45, 2.75) is 18.5 Å². The fourth-order valence-corrected chi connectivity index (χ4v) is 2.23. The molecule has 0 aliphatic rings. The molecule has 2 rings (SSSR count). The van der Waals surface area contributed by atoms with Crippen molar-refractivity contribution in [2.24, 2.45) is 0 Å². The van der Waals surface area contributed by atoms with Crippen LogP contribution in [0.4, 0.5) is 13.2 Å². The summed E-state index contributed by atoms with van der Waals surface area (Å²) in [4.78, 5) is 14.6. The van der Waals surface area contributed by atoms with E-state index in [0.29, 0.717) is 16.8 Å². The molecule has 116 valence electrons. The molecule has 1 N–H and O–H groups in total. The molecule has 0 unspecified atom stereocenters. The lowest BCUT2D eigenvalue weighted by Crippen LogP contribution is -2.11. The van der Waals surface area contributed by atoms with E-state index in [4.69, 9.17) is 16.7 Å². The van der Waals surface area contributed by atoms with Crippen LogP contribution in [-0.2, 0) is 11.0 Å². The van der Waals surface area contributed by atoms with Gasteiger partial charge in [0.2, 0.25) is 0 Å². The molecule has 0 aliphatic carbocycles. The maximum absolute atomic E-state index is 12.8. The molecule has 3 nitrogen and oxygen atoms in total. The van der Waals surface area contributed by atoms with Crippen LogP contribution in [0.1, 0.15) is 29.0 Å². The van der Waals surface area contributed by atoms with Gasteiger partial charge in [0.1, 0.15) is 0 Å². The summed E-state index contributed by atoms with van der Waals surface area (Å²) in [5, 5.41) is 9.48. The number of carbonyl (C=O) groups is 1. The van der Waals surface area contributed by atoms with Crippen molar-refractivity contribution < 1.29 is 23.1 Å². The smallest absolute Gasteiger partial charge is 0.417 e. The summed E-state index contributed by atoms with van der Waals surface area (Å²) in [6.07, 6.45) is -2.91. The van der Waals surface area contributed by atoms with Crippen molar-refractivity contribution in [1.29, 1.82) is 0 Å². The van der Waals surface area contributed by atoms with Crippen LogP contribution in [0.15, 0.2) is 42.7 Å². The van der Waals surface area contributed by atoms with Gasteiger partial charge >= 0.3 is 12.1 Å². The minimum absolute atomic E-state index is 0.194. The summed E-state index contributed by atoms with van der Waals surface area (Å²) in [7, 11) is 0. The number of aliphatic carboxylic acids is 1. The first kappa shape index (κ1) is 16.3. The molecular weight excluding hydrogens is 319 g/mol. The van der Waals surface area contributed by atoms with E-state index in [0.717, 1.165) is 6.07 Å². The number of carboxylic acid groups (broad SMARTS) is 1. The molecule has 0 saturated carbocycles. The number of hydrogen-bond acceptors (Lipinski definition) is 2. The number of rotatable bonds is 4. The number of aromatic nitrogens is 1. The van der Waals surface area contributed by atoms with Gasteiger partial charge in [0.25, 0.3) is 0 Å². The predicted octanol–water partition coefficient (Wildman–Crippen LogP) is 4.36. The van der Waals surface area contributed by atoms with E-state index < -0.39 is 23.6 Å². The van der Waals surface area contributed by atoms with Crippen LogP contribution in [-0.4, -0.2) is 16.1 Å². The summed E-state index contributed by atoms with van der Waals surface area (Å²) in [5.74, 6) is -1.85. The Morgan fingerprint density at radius 1 is 1.18 bits per heavy atom. The third-order valence-corrected chi connectivity index (χ3v) is 3.39. The average Bonchev–Trinajstić information content (AvgIpc) is 2.45. The standard InChI is InChI=1S/C15H11ClF3NO2/c16-12-3-1-9(2-4-12)13(6-14(21)22)10-5-11(8-20-7-10)15(17,18)19/h1-5,7-8,13H,6H2,(H,21,22)/t13-/m0/s1. The van der Waals surface area contributed by atoms with Gasteiger partial charge in [-0.3, -0.25) is 9.78 Å². The van der Waals surface area contributed by atoms with Crippen molar-refractivity contribution in [3.8, 4) is 0 Å². The number of alkyl halides is 3. The van der Waals surface area contributed by atoms with Crippen LogP contribution in [0.3, 0.4) is 0 Å². The lowest BCUT2D eigenvalue weighted by molar-refractivity contribution is -0.138. The largest absolute Gasteiger partial charge is 0.481 e. The van der Waals surface area contributed by atoms with Gasteiger partial charge in [-0.15, -0.1) is 0 Å². The van der Waals surface area contributed by atoms with Gasteiger partial charge in [-0.2, -0.15) is 13.2 Å². The van der Waals surface area contributed by atoms with Crippen LogP contribution in [0.25, 0.3) is 0 Å². The predicted molar refractivity (Wildman–Crippen MR) is 74.8 cm³/mol. The van der Waals surface area contributed by atoms with Crippen molar-refractivity contribution in [3.05, 3.63) is 64.4 Å². The Morgan fingerprint density at radius 2 is 1.82 bits per heavy atom. The Labute approximate surface area is 129 Å². The molecule has 1 aromatic heterocycles. The van der Waals surface area contributed by atoms with Gasteiger partial charge in [0.05, 0.1) is 12.0 Å². The zero-order valence-corrected chi connectivity index (χ0v) is 11.9. The van der Waals surface area contributed by atoms with Crippen molar-refractivity contribution in [2.75, 3.05) is 0 Å². The summed E-state index contributed by atoms with van der Waals surface area (Å²) >= 11 is 5.78. The van der Waals surface area contributed by atoms with Crippen molar-refractivity contribution in [3.63, 3.8) is 0 Å². The summed E-state index contributed by atoms with van der Waals surface area (Å²) < 4.78 is 38.3. The van der Waals surface area contributed by atoms with Crippen molar-refractivity contribution in [1.82, 2.24) is 4.98 Å². The SMILES string of the molecule is O=C(O)C[C@@H](c1ccc(Cl)cc1)c1cncc(C(F)(F)F)c1. The van der Waals surface area contributed by atoms with Crippen LogP contribution >= 0.6 is 11.6 Å². The second-order valence-electron chi connectivity index (χ2n) is 4.71. The highest BCUT2D eigenvalue weighted by Gasteiger charge is 2.32. The molecule has 1 heterocycles. The third kappa shape index (κ3) is 3.98. The molecule has 7 heteroatoms. The average molecular weight is 330 g/mol. The fraction of sp³-hybridized carbons (Fsp3) is 0.200. The Hall–Kier alpha value is -2.08. The van der Waals surface area contributed by atoms with Gasteiger partial charge < -0.3 is 5.11 Å². The first-order valence-electron chi connectivity index (χ1n) is 6.27. The van der Waals surface area contributed by atoms with Gasteiger partial charge in [0, 0.05) is 23.3 Å². The Kier molecular flexibility index (Phi) is 4.71. The number of carboxylic acids is 1. The van der Waals surface area contributed by atoms with Crippen LogP contribution in [0, 0.1) is 0 Å². The molecule has 0 amide bonds. The Balaban J connectivity index is 2.45. The highest BCUT2D eigenvalue weighted by molar-refractivity contribution is 6.30. The molecule has 0 fully saturated rings. The van der Waals surface area contributed by atoms with E-state index in [2.05, 4.69) is 4.98 Å². The number of benzene rings is 1. The molecule has 22 heavy (non-hydrogen) atoms. The Morgan fingerprint density at radius 3 is 2.36 bits per heavy atom. The molecule has 0 radical (unpaired) electrons. The lowest BCUT2D eigenvalue weighted by atomic mass is 9.89. The molecule has 0 spiro atoms. The second kappa shape index (κ2) is 6.36. The number of nitrogens with zero attached hydrogens (tertiary/aromatic N) is 1. The first-order chi connectivity index (χ1) is 10.3. The number of pyridine rings is 1. The van der Waals surface area contributed by atoms with Crippen LogP contribution in [0.2, 0.25) is 5.02 Å². The van der Waals surface area contributed by atoms with E-state index in [1.54, 1.807) is 24.3 Å². The molecule has 1 atom stereocenters. The molecular formula is C15H11ClF3NO2. The van der Waals surface area contributed by atoms with Gasteiger partial charge in [0.15, 0.2) is 0 Å². The monoisotopic (exact) mass is 329 g/mol. The summed E-state index contributed by atoms with van der Waals surface area (Å²) in [6.45, 7) is 0. The van der Waals surface area contributed by atoms with Gasteiger partial charge in [-0.25, -0.2) is 0 Å². The maximum atomic E-state index is 12.8. The second-order valence-corrected chi connectivity index (χ2v) is 5.14. The molecule has 0 saturated heterocycles.